The molecule has 1 aliphatic heterocycles. The highest BCUT2D eigenvalue weighted by Gasteiger charge is 2.27. The van der Waals surface area contributed by atoms with E-state index in [9.17, 15) is 14.0 Å². The molecular weight excluding hydrogens is 347 g/mol. The minimum Gasteiger partial charge on any atom is -0.497 e. The van der Waals surface area contributed by atoms with E-state index in [-0.39, 0.29) is 30.0 Å². The van der Waals surface area contributed by atoms with Gasteiger partial charge < -0.3 is 15.0 Å². The number of piperidine rings is 1. The smallest absolute Gasteiger partial charge is 0.227 e. The number of carbonyl (C=O) groups excluding carboxylic acids is 2. The highest BCUT2D eigenvalue weighted by atomic mass is 19.1. The minimum absolute atomic E-state index is 0.0490. The monoisotopic (exact) mass is 370 g/mol. The van der Waals surface area contributed by atoms with Gasteiger partial charge in [0, 0.05) is 30.8 Å². The van der Waals surface area contributed by atoms with Gasteiger partial charge in [-0.1, -0.05) is 24.3 Å². The Bertz CT molecular complexity index is 817. The lowest BCUT2D eigenvalue weighted by atomic mass is 9.95. The van der Waals surface area contributed by atoms with Gasteiger partial charge in [0.05, 0.1) is 13.5 Å². The van der Waals surface area contributed by atoms with Gasteiger partial charge in [-0.05, 0) is 36.6 Å². The summed E-state index contributed by atoms with van der Waals surface area (Å²) in [5, 5.41) is 2.91. The Balaban J connectivity index is 1.51. The number of ether oxygens (including phenoxy) is 1. The fourth-order valence-electron chi connectivity index (χ4n) is 3.25. The van der Waals surface area contributed by atoms with E-state index >= 15 is 0 Å². The van der Waals surface area contributed by atoms with E-state index < -0.39 is 0 Å². The number of hydrogen-bond donors (Lipinski definition) is 1. The predicted octanol–water partition coefficient (Wildman–Crippen LogP) is 3.25. The molecule has 0 aromatic heterocycles. The van der Waals surface area contributed by atoms with E-state index in [1.54, 1.807) is 36.3 Å². The van der Waals surface area contributed by atoms with Crippen LogP contribution in [-0.4, -0.2) is 36.9 Å². The zero-order valence-electron chi connectivity index (χ0n) is 15.3. The highest BCUT2D eigenvalue weighted by Crippen LogP contribution is 2.22. The van der Waals surface area contributed by atoms with Crippen molar-refractivity contribution in [1.82, 2.24) is 4.90 Å². The Kier molecular flexibility index (Phi) is 6.06. The molecule has 1 heterocycles. The van der Waals surface area contributed by atoms with Gasteiger partial charge >= 0.3 is 0 Å². The Labute approximate surface area is 158 Å². The molecular formula is C21H23FN2O3. The van der Waals surface area contributed by atoms with Gasteiger partial charge in [-0.15, -0.1) is 0 Å². The fourth-order valence-corrected chi connectivity index (χ4v) is 3.25. The molecule has 1 fully saturated rings. The van der Waals surface area contributed by atoms with Gasteiger partial charge in [0.1, 0.15) is 11.6 Å². The third-order valence-electron chi connectivity index (χ3n) is 4.86. The number of methoxy groups -OCH3 is 1. The van der Waals surface area contributed by atoms with Crippen LogP contribution in [0.1, 0.15) is 18.4 Å². The average Bonchev–Trinajstić information content (AvgIpc) is 2.70. The van der Waals surface area contributed by atoms with Crippen LogP contribution in [0.2, 0.25) is 0 Å². The molecule has 5 nitrogen and oxygen atoms in total. The molecule has 2 aromatic carbocycles. The molecule has 3 rings (SSSR count). The molecule has 0 spiro atoms. The molecule has 1 aliphatic rings. The lowest BCUT2D eigenvalue weighted by molar-refractivity contribution is -0.133. The van der Waals surface area contributed by atoms with Crippen molar-refractivity contribution in [1.29, 1.82) is 0 Å². The summed E-state index contributed by atoms with van der Waals surface area (Å²) >= 11 is 0. The molecule has 0 radical (unpaired) electrons. The van der Waals surface area contributed by atoms with Crippen LogP contribution in [0.15, 0.2) is 48.5 Å². The van der Waals surface area contributed by atoms with Crippen LogP contribution in [0.3, 0.4) is 0 Å². The van der Waals surface area contributed by atoms with Crippen molar-refractivity contribution in [2.45, 2.75) is 19.3 Å². The van der Waals surface area contributed by atoms with Crippen molar-refractivity contribution in [3.05, 3.63) is 59.9 Å². The molecule has 27 heavy (non-hydrogen) atoms. The SMILES string of the molecule is COc1cccc(NC(=O)C2CCN(C(=O)Cc3ccccc3F)CC2)c1. The lowest BCUT2D eigenvalue weighted by Crippen LogP contribution is -2.42. The molecule has 0 atom stereocenters. The number of carbonyl (C=O) groups is 2. The number of hydrogen-bond acceptors (Lipinski definition) is 3. The van der Waals surface area contributed by atoms with Crippen molar-refractivity contribution >= 4 is 17.5 Å². The Morgan fingerprint density at radius 2 is 1.89 bits per heavy atom. The molecule has 1 N–H and O–H groups in total. The normalized spacial score (nSPS) is 14.7. The van der Waals surface area contributed by atoms with E-state index in [0.717, 1.165) is 0 Å². The maximum Gasteiger partial charge on any atom is 0.227 e. The number of benzene rings is 2. The summed E-state index contributed by atoms with van der Waals surface area (Å²) < 4.78 is 18.9. The van der Waals surface area contributed by atoms with E-state index in [1.165, 1.54) is 6.07 Å². The van der Waals surface area contributed by atoms with Crippen molar-refractivity contribution in [2.24, 2.45) is 5.92 Å². The number of rotatable bonds is 5. The molecule has 2 aromatic rings. The molecule has 0 aliphatic carbocycles. The van der Waals surface area contributed by atoms with Crippen LogP contribution >= 0.6 is 0 Å². The molecule has 142 valence electrons. The third-order valence-corrected chi connectivity index (χ3v) is 4.86. The Morgan fingerprint density at radius 1 is 1.15 bits per heavy atom. The topological polar surface area (TPSA) is 58.6 Å². The Hall–Kier alpha value is -2.89. The molecule has 0 bridgehead atoms. The summed E-state index contributed by atoms with van der Waals surface area (Å²) in [5.41, 5.74) is 1.10. The summed E-state index contributed by atoms with van der Waals surface area (Å²) in [6.45, 7) is 1.01. The van der Waals surface area contributed by atoms with Gasteiger partial charge in [-0.25, -0.2) is 4.39 Å². The second kappa shape index (κ2) is 8.66. The summed E-state index contributed by atoms with van der Waals surface area (Å²) in [5.74, 6) is 0.0182. The van der Waals surface area contributed by atoms with Gasteiger partial charge in [0.25, 0.3) is 0 Å². The lowest BCUT2D eigenvalue weighted by Gasteiger charge is -2.31. The Morgan fingerprint density at radius 3 is 2.59 bits per heavy atom. The second-order valence-corrected chi connectivity index (χ2v) is 6.64. The van der Waals surface area contributed by atoms with Gasteiger partial charge in [-0.3, -0.25) is 9.59 Å². The van der Waals surface area contributed by atoms with Gasteiger partial charge in [0.15, 0.2) is 0 Å². The second-order valence-electron chi connectivity index (χ2n) is 6.64. The number of likely N-dealkylation sites (tertiary alicyclic amines) is 1. The summed E-state index contributed by atoms with van der Waals surface area (Å²) in [6, 6.07) is 13.5. The first-order valence-corrected chi connectivity index (χ1v) is 9.03. The number of halogens is 1. The summed E-state index contributed by atoms with van der Waals surface area (Å²) in [6.07, 6.45) is 1.24. The fraction of sp³-hybridized carbons (Fsp3) is 0.333. The van der Waals surface area contributed by atoms with Crippen molar-refractivity contribution in [3.63, 3.8) is 0 Å². The van der Waals surface area contributed by atoms with Gasteiger partial charge in [0.2, 0.25) is 11.8 Å². The van der Waals surface area contributed by atoms with Crippen LogP contribution in [0.4, 0.5) is 10.1 Å². The maximum absolute atomic E-state index is 13.7. The van der Waals surface area contributed by atoms with Crippen LogP contribution in [0, 0.1) is 11.7 Å². The molecule has 0 saturated carbocycles. The quantitative estimate of drug-likeness (QED) is 0.879. The first-order valence-electron chi connectivity index (χ1n) is 9.03. The van der Waals surface area contributed by atoms with E-state index in [1.807, 2.05) is 18.2 Å². The predicted molar refractivity (Wildman–Crippen MR) is 101 cm³/mol. The van der Waals surface area contributed by atoms with Crippen molar-refractivity contribution < 1.29 is 18.7 Å². The highest BCUT2D eigenvalue weighted by molar-refractivity contribution is 5.93. The van der Waals surface area contributed by atoms with E-state index in [0.29, 0.717) is 42.9 Å². The number of anilines is 1. The molecule has 0 unspecified atom stereocenters. The van der Waals surface area contributed by atoms with Gasteiger partial charge in [-0.2, -0.15) is 0 Å². The molecule has 2 amide bonds. The zero-order chi connectivity index (χ0) is 19.2. The van der Waals surface area contributed by atoms with Crippen LogP contribution in [0.5, 0.6) is 5.75 Å². The largest absolute Gasteiger partial charge is 0.497 e. The van der Waals surface area contributed by atoms with E-state index in [2.05, 4.69) is 5.32 Å². The zero-order valence-corrected chi connectivity index (χ0v) is 15.3. The summed E-state index contributed by atoms with van der Waals surface area (Å²) in [7, 11) is 1.58. The van der Waals surface area contributed by atoms with Crippen LogP contribution < -0.4 is 10.1 Å². The number of nitrogens with zero attached hydrogens (tertiary/aromatic N) is 1. The molecule has 6 heteroatoms. The molecule has 1 saturated heterocycles. The van der Waals surface area contributed by atoms with Crippen molar-refractivity contribution in [3.8, 4) is 5.75 Å². The standard InChI is InChI=1S/C21H23FN2O3/c1-27-18-7-4-6-17(14-18)23-21(26)15-9-11-24(12-10-15)20(25)13-16-5-2-3-8-19(16)22/h2-8,14-15H,9-13H2,1H3,(H,23,26). The van der Waals surface area contributed by atoms with Crippen molar-refractivity contribution in [2.75, 3.05) is 25.5 Å². The average molecular weight is 370 g/mol. The maximum atomic E-state index is 13.7. The van der Waals surface area contributed by atoms with Crippen LogP contribution in [0.25, 0.3) is 0 Å². The summed E-state index contributed by atoms with van der Waals surface area (Å²) in [4.78, 5) is 26.6. The first kappa shape index (κ1) is 18.9. The minimum atomic E-state index is -0.363. The third kappa shape index (κ3) is 4.84. The number of nitrogens with one attached hydrogen (secondary N) is 1. The number of amides is 2. The van der Waals surface area contributed by atoms with Crippen LogP contribution in [-0.2, 0) is 16.0 Å². The first-order chi connectivity index (χ1) is 13.1. The van der Waals surface area contributed by atoms with E-state index in [4.69, 9.17) is 4.74 Å².